The number of carbonyl (C=O) groups is 2. The van der Waals surface area contributed by atoms with Gasteiger partial charge in [-0.3, -0.25) is 4.79 Å². The van der Waals surface area contributed by atoms with Crippen molar-refractivity contribution in [2.75, 3.05) is 6.61 Å². The van der Waals surface area contributed by atoms with Gasteiger partial charge in [-0.25, -0.2) is 9.48 Å². The molecule has 0 saturated carbocycles. The lowest BCUT2D eigenvalue weighted by Crippen LogP contribution is -2.15. The molecule has 0 unspecified atom stereocenters. The first kappa shape index (κ1) is 20.3. The zero-order valence-corrected chi connectivity index (χ0v) is 17.4. The number of para-hydroxylation sites is 1. The zero-order valence-electron chi connectivity index (χ0n) is 17.4. The second-order valence-corrected chi connectivity index (χ2v) is 7.36. The summed E-state index contributed by atoms with van der Waals surface area (Å²) in [5.41, 5.74) is 4.93. The summed E-state index contributed by atoms with van der Waals surface area (Å²) in [4.78, 5) is 25.5. The van der Waals surface area contributed by atoms with Crippen LogP contribution in [-0.4, -0.2) is 28.1 Å². The van der Waals surface area contributed by atoms with Gasteiger partial charge in [-0.05, 0) is 31.5 Å². The first-order valence-electron chi connectivity index (χ1n) is 10.0. The highest BCUT2D eigenvalue weighted by Crippen LogP contribution is 2.24. The van der Waals surface area contributed by atoms with Crippen molar-refractivity contribution in [2.45, 2.75) is 13.8 Å². The van der Waals surface area contributed by atoms with Gasteiger partial charge in [0.2, 0.25) is 5.78 Å². The number of esters is 1. The van der Waals surface area contributed by atoms with Crippen molar-refractivity contribution in [3.63, 3.8) is 0 Å². The molecule has 31 heavy (non-hydrogen) atoms. The van der Waals surface area contributed by atoms with Crippen LogP contribution in [0.1, 0.15) is 31.8 Å². The van der Waals surface area contributed by atoms with Crippen molar-refractivity contribution in [1.29, 1.82) is 0 Å². The molecule has 5 nitrogen and oxygen atoms in total. The Bertz CT molecular complexity index is 1230. The SMILES string of the molecule is Cc1ccc(C(=O)COC(=O)c2cn(-c3ccccc3)nc2-c2ccccc2)c(C)c1. The van der Waals surface area contributed by atoms with E-state index >= 15 is 0 Å². The maximum atomic E-state index is 12.9. The molecule has 0 N–H and O–H groups in total. The van der Waals surface area contributed by atoms with E-state index in [1.165, 1.54) is 0 Å². The summed E-state index contributed by atoms with van der Waals surface area (Å²) in [5.74, 6) is -0.818. The Morgan fingerprint density at radius 2 is 1.55 bits per heavy atom. The molecule has 1 heterocycles. The number of hydrogen-bond donors (Lipinski definition) is 0. The highest BCUT2D eigenvalue weighted by molar-refractivity contribution is 6.01. The summed E-state index contributed by atoms with van der Waals surface area (Å²) in [5, 5.41) is 4.61. The molecule has 3 aromatic carbocycles. The molecule has 4 aromatic rings. The second kappa shape index (κ2) is 8.79. The fourth-order valence-corrected chi connectivity index (χ4v) is 3.46. The van der Waals surface area contributed by atoms with Crippen LogP contribution in [0.25, 0.3) is 16.9 Å². The van der Waals surface area contributed by atoms with Crippen LogP contribution >= 0.6 is 0 Å². The van der Waals surface area contributed by atoms with Crippen LogP contribution in [0.4, 0.5) is 0 Å². The van der Waals surface area contributed by atoms with E-state index in [9.17, 15) is 9.59 Å². The predicted molar refractivity (Wildman–Crippen MR) is 120 cm³/mol. The molecule has 1 aromatic heterocycles. The summed E-state index contributed by atoms with van der Waals surface area (Å²) in [6.07, 6.45) is 1.64. The maximum Gasteiger partial charge on any atom is 0.342 e. The maximum absolute atomic E-state index is 12.9. The van der Waals surface area contributed by atoms with Gasteiger partial charge in [-0.15, -0.1) is 0 Å². The van der Waals surface area contributed by atoms with Gasteiger partial charge in [-0.2, -0.15) is 5.10 Å². The second-order valence-electron chi connectivity index (χ2n) is 7.36. The van der Waals surface area contributed by atoms with Crippen LogP contribution in [0.5, 0.6) is 0 Å². The van der Waals surface area contributed by atoms with E-state index < -0.39 is 5.97 Å². The zero-order chi connectivity index (χ0) is 21.8. The number of rotatable bonds is 6. The highest BCUT2D eigenvalue weighted by atomic mass is 16.5. The standard InChI is InChI=1S/C26H22N2O3/c1-18-13-14-22(19(2)15-18)24(29)17-31-26(30)23-16-28(21-11-7-4-8-12-21)27-25(23)20-9-5-3-6-10-20/h3-16H,17H2,1-2H3. The van der Waals surface area contributed by atoms with Crippen LogP contribution < -0.4 is 0 Å². The van der Waals surface area contributed by atoms with Gasteiger partial charge >= 0.3 is 5.97 Å². The molecule has 0 bridgehead atoms. The first-order valence-corrected chi connectivity index (χ1v) is 10.0. The number of Topliss-reactive ketones (excluding diaryl/α,β-unsaturated/α-hetero) is 1. The Balaban J connectivity index is 1.61. The minimum absolute atomic E-state index is 0.234. The normalized spacial score (nSPS) is 10.6. The van der Waals surface area contributed by atoms with Gasteiger partial charge in [0.25, 0.3) is 0 Å². The lowest BCUT2D eigenvalue weighted by Gasteiger charge is -2.07. The molecule has 154 valence electrons. The Morgan fingerprint density at radius 3 is 2.23 bits per heavy atom. The number of aryl methyl sites for hydroxylation is 2. The third-order valence-electron chi connectivity index (χ3n) is 5.02. The van der Waals surface area contributed by atoms with E-state index in [2.05, 4.69) is 5.10 Å². The van der Waals surface area contributed by atoms with Crippen molar-refractivity contribution >= 4 is 11.8 Å². The number of ketones is 1. The topological polar surface area (TPSA) is 61.2 Å². The third-order valence-corrected chi connectivity index (χ3v) is 5.02. The molecular formula is C26H22N2O3. The number of carbonyl (C=O) groups excluding carboxylic acids is 2. The average Bonchev–Trinajstić information content (AvgIpc) is 3.24. The van der Waals surface area contributed by atoms with Crippen LogP contribution in [0.2, 0.25) is 0 Å². The molecule has 0 aliphatic carbocycles. The van der Waals surface area contributed by atoms with Gasteiger partial charge in [0.05, 0.1) is 5.69 Å². The van der Waals surface area contributed by atoms with Crippen molar-refractivity contribution in [3.05, 3.63) is 107 Å². The summed E-state index contributed by atoms with van der Waals surface area (Å²) >= 11 is 0. The summed E-state index contributed by atoms with van der Waals surface area (Å²) in [7, 11) is 0. The summed E-state index contributed by atoms with van der Waals surface area (Å²) in [6, 6.07) is 24.5. The van der Waals surface area contributed by atoms with Gasteiger partial charge in [0.15, 0.2) is 6.61 Å². The summed E-state index contributed by atoms with van der Waals surface area (Å²) < 4.78 is 7.04. The van der Waals surface area contributed by atoms with E-state index in [0.29, 0.717) is 16.8 Å². The van der Waals surface area contributed by atoms with E-state index in [0.717, 1.165) is 22.4 Å². The van der Waals surface area contributed by atoms with Crippen LogP contribution in [0, 0.1) is 13.8 Å². The molecule has 0 aliphatic rings. The van der Waals surface area contributed by atoms with Crippen molar-refractivity contribution in [2.24, 2.45) is 0 Å². The van der Waals surface area contributed by atoms with Gasteiger partial charge in [0, 0.05) is 17.3 Å². The Hall–Kier alpha value is -3.99. The van der Waals surface area contributed by atoms with E-state index in [1.807, 2.05) is 86.6 Å². The molecule has 5 heteroatoms. The Labute approximate surface area is 180 Å². The van der Waals surface area contributed by atoms with Gasteiger partial charge < -0.3 is 4.74 Å². The fraction of sp³-hybridized carbons (Fsp3) is 0.115. The van der Waals surface area contributed by atoms with Crippen molar-refractivity contribution < 1.29 is 14.3 Å². The Kier molecular flexibility index (Phi) is 5.76. The average molecular weight is 410 g/mol. The van der Waals surface area contributed by atoms with E-state index in [4.69, 9.17) is 4.74 Å². The fourth-order valence-electron chi connectivity index (χ4n) is 3.46. The third kappa shape index (κ3) is 4.46. The van der Waals surface area contributed by atoms with Gasteiger partial charge in [-0.1, -0.05) is 72.3 Å². The highest BCUT2D eigenvalue weighted by Gasteiger charge is 2.21. The molecule has 0 radical (unpaired) electrons. The number of nitrogens with zero attached hydrogens (tertiary/aromatic N) is 2. The quantitative estimate of drug-likeness (QED) is 0.324. The lowest BCUT2D eigenvalue weighted by molar-refractivity contribution is 0.0475. The van der Waals surface area contributed by atoms with Crippen molar-refractivity contribution in [3.8, 4) is 16.9 Å². The molecule has 0 fully saturated rings. The number of ether oxygens (including phenoxy) is 1. The first-order chi connectivity index (χ1) is 15.0. The largest absolute Gasteiger partial charge is 0.454 e. The molecular weight excluding hydrogens is 388 g/mol. The molecule has 0 aliphatic heterocycles. The monoisotopic (exact) mass is 410 g/mol. The number of hydrogen-bond acceptors (Lipinski definition) is 4. The molecule has 0 amide bonds. The number of benzene rings is 3. The van der Waals surface area contributed by atoms with Crippen LogP contribution in [0.3, 0.4) is 0 Å². The van der Waals surface area contributed by atoms with Gasteiger partial charge in [0.1, 0.15) is 11.3 Å². The number of aromatic nitrogens is 2. The Morgan fingerprint density at radius 1 is 0.871 bits per heavy atom. The molecule has 4 rings (SSSR count). The smallest absolute Gasteiger partial charge is 0.342 e. The summed E-state index contributed by atoms with van der Waals surface area (Å²) in [6.45, 7) is 3.52. The molecule has 0 saturated heterocycles. The van der Waals surface area contributed by atoms with E-state index in [-0.39, 0.29) is 12.4 Å². The minimum atomic E-state index is -0.584. The predicted octanol–water partition coefficient (Wildman–Crippen LogP) is 5.20. The van der Waals surface area contributed by atoms with E-state index in [1.54, 1.807) is 16.9 Å². The lowest BCUT2D eigenvalue weighted by atomic mass is 10.0. The van der Waals surface area contributed by atoms with Crippen LogP contribution in [-0.2, 0) is 4.74 Å². The van der Waals surface area contributed by atoms with Crippen LogP contribution in [0.15, 0.2) is 85.1 Å². The minimum Gasteiger partial charge on any atom is -0.454 e. The molecule has 0 spiro atoms. The van der Waals surface area contributed by atoms with Crippen molar-refractivity contribution in [1.82, 2.24) is 9.78 Å². The molecule has 0 atom stereocenters.